The minimum absolute atomic E-state index is 0.333. The van der Waals surface area contributed by atoms with E-state index in [2.05, 4.69) is 21.0 Å². The van der Waals surface area contributed by atoms with Gasteiger partial charge in [0, 0.05) is 7.11 Å². The van der Waals surface area contributed by atoms with Crippen LogP contribution in [-0.4, -0.2) is 35.2 Å². The van der Waals surface area contributed by atoms with E-state index in [9.17, 15) is 9.60 Å². The van der Waals surface area contributed by atoms with Gasteiger partial charge in [-0.15, -0.1) is 0 Å². The third-order valence-corrected chi connectivity index (χ3v) is 3.15. The molecule has 2 rings (SSSR count). The maximum absolute atomic E-state index is 13.1. The molecule has 0 saturated carbocycles. The maximum atomic E-state index is 13.1. The van der Waals surface area contributed by atoms with Gasteiger partial charge in [-0.3, -0.25) is 10.3 Å². The molecule has 0 atom stereocenters. The summed E-state index contributed by atoms with van der Waals surface area (Å²) in [6, 6.07) is 4.57. The molecule has 0 unspecified atom stereocenters. The molecule has 0 aliphatic carbocycles. The number of hydroxylamine groups is 1. The first kappa shape index (κ1) is 14.0. The lowest BCUT2D eigenvalue weighted by Crippen LogP contribution is -2.22. The Morgan fingerprint density at radius 1 is 1.53 bits per heavy atom. The maximum Gasteiger partial charge on any atom is 0.137 e. The zero-order chi connectivity index (χ0) is 13.8. The van der Waals surface area contributed by atoms with Gasteiger partial charge in [0.1, 0.15) is 11.5 Å². The summed E-state index contributed by atoms with van der Waals surface area (Å²) < 4.78 is 19.9. The average molecular weight is 330 g/mol. The highest BCUT2D eigenvalue weighted by atomic mass is 79.9. The van der Waals surface area contributed by atoms with Crippen LogP contribution in [0.2, 0.25) is 0 Å². The van der Waals surface area contributed by atoms with Crippen LogP contribution in [0.1, 0.15) is 0 Å². The molecule has 7 heteroatoms. The number of hydrogen-bond donors (Lipinski definition) is 1. The molecule has 0 aliphatic rings. The SMILES string of the molecule is COCCN(O)c1cnn(-c2ccc(F)c(Br)c2)c1. The standard InChI is InChI=1S/C12H13BrFN3O2/c1-19-5-4-17(18)10-7-15-16(8-10)9-2-3-12(14)11(13)6-9/h2-3,6-8,18H,4-5H2,1H3. The predicted octanol–water partition coefficient (Wildman–Crippen LogP) is 2.62. The molecule has 1 aromatic heterocycles. The van der Waals surface area contributed by atoms with Crippen molar-refractivity contribution in [2.45, 2.75) is 0 Å². The fraction of sp³-hybridized carbons (Fsp3) is 0.250. The summed E-state index contributed by atoms with van der Waals surface area (Å²) in [4.78, 5) is 0. The highest BCUT2D eigenvalue weighted by Gasteiger charge is 2.08. The summed E-state index contributed by atoms with van der Waals surface area (Å²) in [5.74, 6) is -0.333. The van der Waals surface area contributed by atoms with Crippen LogP contribution >= 0.6 is 15.9 Å². The van der Waals surface area contributed by atoms with Crippen molar-refractivity contribution in [3.05, 3.63) is 40.9 Å². The zero-order valence-electron chi connectivity index (χ0n) is 10.3. The summed E-state index contributed by atoms with van der Waals surface area (Å²) in [6.45, 7) is 0.749. The van der Waals surface area contributed by atoms with Gasteiger partial charge in [0.15, 0.2) is 0 Å². The van der Waals surface area contributed by atoms with Crippen LogP contribution in [0.5, 0.6) is 0 Å². The van der Waals surface area contributed by atoms with Gasteiger partial charge in [-0.25, -0.2) is 9.07 Å². The van der Waals surface area contributed by atoms with Gasteiger partial charge in [-0.05, 0) is 34.1 Å². The van der Waals surface area contributed by atoms with Gasteiger partial charge in [0.05, 0.1) is 35.7 Å². The minimum atomic E-state index is -0.333. The second kappa shape index (κ2) is 6.14. The predicted molar refractivity (Wildman–Crippen MR) is 72.2 cm³/mol. The average Bonchev–Trinajstić information content (AvgIpc) is 2.89. The molecule has 0 radical (unpaired) electrons. The van der Waals surface area contributed by atoms with Crippen LogP contribution in [-0.2, 0) is 4.74 Å². The first-order valence-electron chi connectivity index (χ1n) is 5.57. The number of rotatable bonds is 5. The van der Waals surface area contributed by atoms with Crippen molar-refractivity contribution in [2.75, 3.05) is 25.3 Å². The van der Waals surface area contributed by atoms with Crippen LogP contribution in [0.25, 0.3) is 5.69 Å². The van der Waals surface area contributed by atoms with E-state index in [0.29, 0.717) is 29.0 Å². The van der Waals surface area contributed by atoms with Crippen molar-refractivity contribution in [3.8, 4) is 5.69 Å². The molecule has 2 aromatic rings. The molecule has 0 spiro atoms. The number of ether oxygens (including phenoxy) is 1. The zero-order valence-corrected chi connectivity index (χ0v) is 11.8. The van der Waals surface area contributed by atoms with Gasteiger partial charge >= 0.3 is 0 Å². The molecule has 0 aliphatic heterocycles. The third-order valence-electron chi connectivity index (χ3n) is 2.54. The van der Waals surface area contributed by atoms with Crippen molar-refractivity contribution >= 4 is 21.6 Å². The second-order valence-corrected chi connectivity index (χ2v) is 4.71. The lowest BCUT2D eigenvalue weighted by atomic mass is 10.3. The van der Waals surface area contributed by atoms with E-state index in [0.717, 1.165) is 5.06 Å². The highest BCUT2D eigenvalue weighted by Crippen LogP contribution is 2.20. The highest BCUT2D eigenvalue weighted by molar-refractivity contribution is 9.10. The number of hydrogen-bond acceptors (Lipinski definition) is 4. The topological polar surface area (TPSA) is 50.5 Å². The Morgan fingerprint density at radius 3 is 3.00 bits per heavy atom. The molecule has 1 heterocycles. The first-order chi connectivity index (χ1) is 9.11. The van der Waals surface area contributed by atoms with Crippen LogP contribution < -0.4 is 5.06 Å². The molecule has 1 N–H and O–H groups in total. The van der Waals surface area contributed by atoms with Crippen LogP contribution in [0, 0.1) is 5.82 Å². The van der Waals surface area contributed by atoms with Gasteiger partial charge in [0.2, 0.25) is 0 Å². The molecule has 0 fully saturated rings. The Kier molecular flexibility index (Phi) is 4.52. The molecular formula is C12H13BrFN3O2. The van der Waals surface area contributed by atoms with E-state index in [-0.39, 0.29) is 5.82 Å². The summed E-state index contributed by atoms with van der Waals surface area (Å²) in [5.41, 5.74) is 1.23. The number of benzene rings is 1. The lowest BCUT2D eigenvalue weighted by molar-refractivity contribution is 0.166. The van der Waals surface area contributed by atoms with Gasteiger partial charge < -0.3 is 4.74 Å². The summed E-state index contributed by atoms with van der Waals surface area (Å²) in [5, 5.41) is 14.9. The molecule has 0 amide bonds. The Hall–Kier alpha value is -1.44. The van der Waals surface area contributed by atoms with E-state index in [1.807, 2.05) is 0 Å². The summed E-state index contributed by atoms with van der Waals surface area (Å²) >= 11 is 3.12. The Balaban J connectivity index is 2.18. The van der Waals surface area contributed by atoms with Gasteiger partial charge in [-0.2, -0.15) is 5.10 Å². The fourth-order valence-corrected chi connectivity index (χ4v) is 1.89. The van der Waals surface area contributed by atoms with Crippen LogP contribution in [0.15, 0.2) is 35.1 Å². The van der Waals surface area contributed by atoms with Crippen molar-refractivity contribution in [2.24, 2.45) is 0 Å². The molecule has 102 valence electrons. The van der Waals surface area contributed by atoms with E-state index in [1.165, 1.54) is 12.3 Å². The largest absolute Gasteiger partial charge is 0.383 e. The van der Waals surface area contributed by atoms with Crippen LogP contribution in [0.3, 0.4) is 0 Å². The normalized spacial score (nSPS) is 10.7. The van der Waals surface area contributed by atoms with Crippen molar-refractivity contribution < 1.29 is 14.3 Å². The minimum Gasteiger partial charge on any atom is -0.383 e. The van der Waals surface area contributed by atoms with E-state index >= 15 is 0 Å². The first-order valence-corrected chi connectivity index (χ1v) is 6.36. The van der Waals surface area contributed by atoms with E-state index in [4.69, 9.17) is 4.74 Å². The van der Waals surface area contributed by atoms with Crippen molar-refractivity contribution in [1.29, 1.82) is 0 Å². The molecule has 5 nitrogen and oxygen atoms in total. The number of anilines is 1. The quantitative estimate of drug-likeness (QED) is 0.857. The van der Waals surface area contributed by atoms with Crippen LogP contribution in [0.4, 0.5) is 10.1 Å². The molecule has 0 bridgehead atoms. The monoisotopic (exact) mass is 329 g/mol. The Morgan fingerprint density at radius 2 is 2.32 bits per heavy atom. The smallest absolute Gasteiger partial charge is 0.137 e. The number of aromatic nitrogens is 2. The summed E-state index contributed by atoms with van der Waals surface area (Å²) in [7, 11) is 1.56. The van der Waals surface area contributed by atoms with Gasteiger partial charge in [0.25, 0.3) is 0 Å². The fourth-order valence-electron chi connectivity index (χ4n) is 1.52. The van der Waals surface area contributed by atoms with Crippen molar-refractivity contribution in [1.82, 2.24) is 9.78 Å². The lowest BCUT2D eigenvalue weighted by Gasteiger charge is -2.13. The molecule has 0 saturated heterocycles. The van der Waals surface area contributed by atoms with Gasteiger partial charge in [-0.1, -0.05) is 0 Å². The summed E-state index contributed by atoms with van der Waals surface area (Å²) in [6.07, 6.45) is 3.17. The number of halogens is 2. The third kappa shape index (κ3) is 3.31. The van der Waals surface area contributed by atoms with Crippen molar-refractivity contribution in [3.63, 3.8) is 0 Å². The second-order valence-electron chi connectivity index (χ2n) is 3.86. The Labute approximate surface area is 118 Å². The van der Waals surface area contributed by atoms with E-state index < -0.39 is 0 Å². The molecular weight excluding hydrogens is 317 g/mol. The Bertz CT molecular complexity index is 562. The number of nitrogens with zero attached hydrogens (tertiary/aromatic N) is 3. The van der Waals surface area contributed by atoms with E-state index in [1.54, 1.807) is 30.1 Å². The molecule has 19 heavy (non-hydrogen) atoms. The number of methoxy groups -OCH3 is 1. The molecule has 1 aromatic carbocycles.